The average molecular weight is 243 g/mol. The molecule has 0 atom stereocenters. The molecule has 3 rings (SSSR count). The second-order valence-corrected chi connectivity index (χ2v) is 4.51. The minimum Gasteiger partial charge on any atom is -0.381 e. The summed E-state index contributed by atoms with van der Waals surface area (Å²) in [5.74, 6) is 1.34. The van der Waals surface area contributed by atoms with E-state index in [1.54, 1.807) is 0 Å². The molecular formula is C13H17N5. The van der Waals surface area contributed by atoms with Gasteiger partial charge < -0.3 is 16.0 Å². The highest BCUT2D eigenvalue weighted by Gasteiger charge is 2.15. The molecule has 3 N–H and O–H groups in total. The first-order valence-corrected chi connectivity index (χ1v) is 6.32. The molecule has 94 valence electrons. The van der Waals surface area contributed by atoms with Crippen LogP contribution in [0.15, 0.2) is 24.3 Å². The van der Waals surface area contributed by atoms with Crippen LogP contribution in [0.2, 0.25) is 0 Å². The van der Waals surface area contributed by atoms with Gasteiger partial charge in [0, 0.05) is 19.6 Å². The van der Waals surface area contributed by atoms with E-state index in [1.165, 1.54) is 0 Å². The number of rotatable bonds is 1. The van der Waals surface area contributed by atoms with Gasteiger partial charge in [0.15, 0.2) is 11.6 Å². The number of nitrogens with zero attached hydrogens (tertiary/aromatic N) is 3. The summed E-state index contributed by atoms with van der Waals surface area (Å²) in [6, 6.07) is 7.83. The van der Waals surface area contributed by atoms with Gasteiger partial charge in [-0.05, 0) is 25.1 Å². The Balaban J connectivity index is 2.02. The van der Waals surface area contributed by atoms with E-state index >= 15 is 0 Å². The number of hydrogen-bond acceptors (Lipinski definition) is 5. The molecule has 1 aliphatic heterocycles. The maximum Gasteiger partial charge on any atom is 0.172 e. The molecule has 5 heteroatoms. The molecule has 0 unspecified atom stereocenters. The minimum atomic E-state index is 0.524. The lowest BCUT2D eigenvalue weighted by Crippen LogP contribution is -2.29. The molecule has 0 bridgehead atoms. The fraction of sp³-hybridized carbons (Fsp3) is 0.385. The van der Waals surface area contributed by atoms with Crippen LogP contribution in [0.5, 0.6) is 0 Å². The van der Waals surface area contributed by atoms with E-state index in [0.29, 0.717) is 5.82 Å². The van der Waals surface area contributed by atoms with Crippen LogP contribution in [-0.4, -0.2) is 36.1 Å². The smallest absolute Gasteiger partial charge is 0.172 e. The van der Waals surface area contributed by atoms with E-state index in [0.717, 1.165) is 49.5 Å². The molecule has 1 saturated heterocycles. The SMILES string of the molecule is Nc1nc2ccccc2nc1N1CCCNCC1. The number of nitrogens with two attached hydrogens (primary N) is 1. The highest BCUT2D eigenvalue weighted by Crippen LogP contribution is 2.22. The predicted octanol–water partition coefficient (Wildman–Crippen LogP) is 1.01. The molecule has 0 amide bonds. The standard InChI is InChI=1S/C13H17N5/c14-12-13(18-8-3-6-15-7-9-18)17-11-5-2-1-4-10(11)16-12/h1-2,4-5,15H,3,6-9H2,(H2,14,16). The zero-order chi connectivity index (χ0) is 12.4. The maximum absolute atomic E-state index is 6.03. The summed E-state index contributed by atoms with van der Waals surface area (Å²) in [5, 5.41) is 3.37. The van der Waals surface area contributed by atoms with E-state index in [9.17, 15) is 0 Å². The fourth-order valence-corrected chi connectivity index (χ4v) is 2.29. The van der Waals surface area contributed by atoms with Gasteiger partial charge in [0.2, 0.25) is 0 Å². The second kappa shape index (κ2) is 4.78. The van der Waals surface area contributed by atoms with Crippen molar-refractivity contribution < 1.29 is 0 Å². The van der Waals surface area contributed by atoms with E-state index in [1.807, 2.05) is 24.3 Å². The average Bonchev–Trinajstić information content (AvgIpc) is 2.66. The zero-order valence-corrected chi connectivity index (χ0v) is 10.3. The molecule has 0 spiro atoms. The number of nitrogens with one attached hydrogen (secondary N) is 1. The Labute approximate surface area is 106 Å². The van der Waals surface area contributed by atoms with Crippen molar-refractivity contribution in [1.82, 2.24) is 15.3 Å². The van der Waals surface area contributed by atoms with Crippen molar-refractivity contribution in [3.05, 3.63) is 24.3 Å². The quantitative estimate of drug-likeness (QED) is 0.782. The number of aromatic nitrogens is 2. The predicted molar refractivity (Wildman–Crippen MR) is 73.7 cm³/mol. The first-order valence-electron chi connectivity index (χ1n) is 6.32. The molecule has 0 aliphatic carbocycles. The zero-order valence-electron chi connectivity index (χ0n) is 10.3. The molecule has 1 aromatic heterocycles. The van der Waals surface area contributed by atoms with Crippen molar-refractivity contribution in [3.8, 4) is 0 Å². The first kappa shape index (κ1) is 11.2. The second-order valence-electron chi connectivity index (χ2n) is 4.51. The van der Waals surface area contributed by atoms with Gasteiger partial charge in [-0.15, -0.1) is 0 Å². The van der Waals surface area contributed by atoms with Crippen LogP contribution in [-0.2, 0) is 0 Å². The van der Waals surface area contributed by atoms with Gasteiger partial charge in [0.25, 0.3) is 0 Å². The molecular weight excluding hydrogens is 226 g/mol. The van der Waals surface area contributed by atoms with Crippen LogP contribution >= 0.6 is 0 Å². The number of benzene rings is 1. The largest absolute Gasteiger partial charge is 0.381 e. The van der Waals surface area contributed by atoms with Crippen molar-refractivity contribution in [1.29, 1.82) is 0 Å². The van der Waals surface area contributed by atoms with Crippen molar-refractivity contribution in [2.45, 2.75) is 6.42 Å². The van der Waals surface area contributed by atoms with Crippen molar-refractivity contribution in [2.75, 3.05) is 36.8 Å². The van der Waals surface area contributed by atoms with E-state index in [4.69, 9.17) is 5.73 Å². The molecule has 0 radical (unpaired) electrons. The number of anilines is 2. The van der Waals surface area contributed by atoms with Crippen LogP contribution in [0.4, 0.5) is 11.6 Å². The maximum atomic E-state index is 6.03. The Morgan fingerprint density at radius 1 is 1.06 bits per heavy atom. The van der Waals surface area contributed by atoms with Gasteiger partial charge in [-0.25, -0.2) is 9.97 Å². The Hall–Kier alpha value is -1.88. The first-order chi connectivity index (χ1) is 8.84. The van der Waals surface area contributed by atoms with Crippen LogP contribution in [0.1, 0.15) is 6.42 Å². The van der Waals surface area contributed by atoms with Crippen molar-refractivity contribution >= 4 is 22.7 Å². The van der Waals surface area contributed by atoms with Gasteiger partial charge >= 0.3 is 0 Å². The van der Waals surface area contributed by atoms with Gasteiger partial charge in [-0.2, -0.15) is 0 Å². The molecule has 18 heavy (non-hydrogen) atoms. The summed E-state index contributed by atoms with van der Waals surface area (Å²) in [7, 11) is 0. The lowest BCUT2D eigenvalue weighted by atomic mass is 10.3. The van der Waals surface area contributed by atoms with Crippen LogP contribution in [0.25, 0.3) is 11.0 Å². The molecule has 2 heterocycles. The molecule has 0 saturated carbocycles. The topological polar surface area (TPSA) is 67.1 Å². The summed E-state index contributed by atoms with van der Waals surface area (Å²) in [5.41, 5.74) is 7.79. The Morgan fingerprint density at radius 3 is 2.67 bits per heavy atom. The van der Waals surface area contributed by atoms with E-state index in [2.05, 4.69) is 20.2 Å². The third kappa shape index (κ3) is 2.09. The number of nitrogen functional groups attached to an aromatic ring is 1. The highest BCUT2D eigenvalue weighted by atomic mass is 15.2. The Morgan fingerprint density at radius 2 is 1.83 bits per heavy atom. The van der Waals surface area contributed by atoms with Crippen LogP contribution in [0, 0.1) is 0 Å². The summed E-state index contributed by atoms with van der Waals surface area (Å²) < 4.78 is 0. The monoisotopic (exact) mass is 243 g/mol. The molecule has 1 aliphatic rings. The summed E-state index contributed by atoms with van der Waals surface area (Å²) in [4.78, 5) is 11.3. The molecule has 5 nitrogen and oxygen atoms in total. The minimum absolute atomic E-state index is 0.524. The van der Waals surface area contributed by atoms with E-state index in [-0.39, 0.29) is 0 Å². The summed E-state index contributed by atoms with van der Waals surface area (Å²) >= 11 is 0. The number of para-hydroxylation sites is 2. The summed E-state index contributed by atoms with van der Waals surface area (Å²) in [6.45, 7) is 3.92. The lowest BCUT2D eigenvalue weighted by Gasteiger charge is -2.22. The Bertz CT molecular complexity index is 546. The third-order valence-electron chi connectivity index (χ3n) is 3.22. The molecule has 1 fully saturated rings. The third-order valence-corrected chi connectivity index (χ3v) is 3.22. The molecule has 1 aromatic carbocycles. The normalized spacial score (nSPS) is 16.8. The van der Waals surface area contributed by atoms with Gasteiger partial charge in [0.05, 0.1) is 11.0 Å². The van der Waals surface area contributed by atoms with Crippen molar-refractivity contribution in [3.63, 3.8) is 0 Å². The van der Waals surface area contributed by atoms with Crippen LogP contribution < -0.4 is 16.0 Å². The lowest BCUT2D eigenvalue weighted by molar-refractivity contribution is 0.724. The summed E-state index contributed by atoms with van der Waals surface area (Å²) in [6.07, 6.45) is 1.11. The van der Waals surface area contributed by atoms with Gasteiger partial charge in [-0.3, -0.25) is 0 Å². The van der Waals surface area contributed by atoms with Crippen molar-refractivity contribution in [2.24, 2.45) is 0 Å². The highest BCUT2D eigenvalue weighted by molar-refractivity contribution is 5.79. The van der Waals surface area contributed by atoms with Gasteiger partial charge in [0.1, 0.15) is 0 Å². The fourth-order valence-electron chi connectivity index (χ4n) is 2.29. The Kier molecular flexibility index (Phi) is 2.98. The van der Waals surface area contributed by atoms with Gasteiger partial charge in [-0.1, -0.05) is 12.1 Å². The molecule has 2 aromatic rings. The number of fused-ring (bicyclic) bond motifs is 1. The van der Waals surface area contributed by atoms with E-state index < -0.39 is 0 Å². The number of hydrogen-bond donors (Lipinski definition) is 2. The van der Waals surface area contributed by atoms with Crippen LogP contribution in [0.3, 0.4) is 0 Å².